The first-order chi connectivity index (χ1) is 10.1. The highest BCUT2D eigenvalue weighted by Gasteiger charge is 2.09. The van der Waals surface area contributed by atoms with E-state index >= 15 is 0 Å². The molecule has 2 N–H and O–H groups in total. The van der Waals surface area contributed by atoms with Crippen LogP contribution < -0.4 is 5.32 Å². The molecule has 0 heterocycles. The molecule has 0 fully saturated rings. The minimum atomic E-state index is -0.473. The number of carbonyl (C=O) groups excluding carboxylic acids is 1. The van der Waals surface area contributed by atoms with Crippen molar-refractivity contribution in [3.05, 3.63) is 64.4 Å². The monoisotopic (exact) mass is 303 g/mol. The van der Waals surface area contributed by atoms with Crippen molar-refractivity contribution in [2.24, 2.45) is 0 Å². The van der Waals surface area contributed by atoms with E-state index in [1.807, 2.05) is 0 Å². The van der Waals surface area contributed by atoms with Gasteiger partial charge in [-0.25, -0.2) is 4.39 Å². The van der Waals surface area contributed by atoms with E-state index in [1.54, 1.807) is 24.3 Å². The zero-order chi connectivity index (χ0) is 15.2. The molecule has 0 bridgehead atoms. The Morgan fingerprint density at radius 2 is 2.10 bits per heavy atom. The fourth-order valence-electron chi connectivity index (χ4n) is 1.67. The van der Waals surface area contributed by atoms with Crippen molar-refractivity contribution < 1.29 is 14.3 Å². The zero-order valence-corrected chi connectivity index (χ0v) is 11.6. The number of rotatable bonds is 2. The second-order valence-electron chi connectivity index (χ2n) is 4.12. The number of aliphatic hydroxyl groups excluding tert-OH is 1. The molecule has 0 spiro atoms. The van der Waals surface area contributed by atoms with Gasteiger partial charge in [0.25, 0.3) is 5.91 Å². The Morgan fingerprint density at radius 1 is 1.29 bits per heavy atom. The summed E-state index contributed by atoms with van der Waals surface area (Å²) in [6, 6.07) is 10.4. The minimum Gasteiger partial charge on any atom is -0.384 e. The second kappa shape index (κ2) is 6.89. The van der Waals surface area contributed by atoms with Crippen LogP contribution in [0.4, 0.5) is 10.1 Å². The molecule has 2 aromatic rings. The summed E-state index contributed by atoms with van der Waals surface area (Å²) in [6.07, 6.45) is 0. The van der Waals surface area contributed by atoms with Crippen LogP contribution in [0.3, 0.4) is 0 Å². The molecular formula is C16H11ClFNO2. The van der Waals surface area contributed by atoms with E-state index in [-0.39, 0.29) is 17.5 Å². The van der Waals surface area contributed by atoms with Crippen molar-refractivity contribution >= 4 is 23.2 Å². The lowest BCUT2D eigenvalue weighted by atomic mass is 10.1. The molecule has 0 saturated heterocycles. The van der Waals surface area contributed by atoms with Gasteiger partial charge in [0.05, 0.1) is 10.7 Å². The summed E-state index contributed by atoms with van der Waals surface area (Å²) in [5.74, 6) is 4.37. The maximum Gasteiger partial charge on any atom is 0.255 e. The van der Waals surface area contributed by atoms with E-state index in [2.05, 4.69) is 17.2 Å². The lowest BCUT2D eigenvalue weighted by molar-refractivity contribution is 0.102. The first-order valence-corrected chi connectivity index (χ1v) is 6.44. The highest BCUT2D eigenvalue weighted by Crippen LogP contribution is 2.23. The van der Waals surface area contributed by atoms with Crippen LogP contribution in [0.25, 0.3) is 0 Å². The molecule has 21 heavy (non-hydrogen) atoms. The number of hydrogen-bond donors (Lipinski definition) is 2. The summed E-state index contributed by atoms with van der Waals surface area (Å²) >= 11 is 5.86. The van der Waals surface area contributed by atoms with E-state index in [0.29, 0.717) is 16.8 Å². The van der Waals surface area contributed by atoms with Crippen LogP contribution in [0.15, 0.2) is 42.5 Å². The molecule has 3 nitrogen and oxygen atoms in total. The van der Waals surface area contributed by atoms with E-state index in [1.165, 1.54) is 12.1 Å². The van der Waals surface area contributed by atoms with E-state index in [0.717, 1.165) is 6.07 Å². The van der Waals surface area contributed by atoms with Gasteiger partial charge < -0.3 is 10.4 Å². The molecule has 0 aromatic heterocycles. The quantitative estimate of drug-likeness (QED) is 0.838. The van der Waals surface area contributed by atoms with Gasteiger partial charge in [-0.2, -0.15) is 0 Å². The molecule has 0 saturated carbocycles. The molecule has 0 aliphatic heterocycles. The number of amides is 1. The van der Waals surface area contributed by atoms with Crippen LogP contribution in [-0.4, -0.2) is 17.6 Å². The summed E-state index contributed by atoms with van der Waals surface area (Å²) in [5, 5.41) is 11.4. The van der Waals surface area contributed by atoms with Crippen LogP contribution in [-0.2, 0) is 0 Å². The number of benzene rings is 2. The summed E-state index contributed by atoms with van der Waals surface area (Å²) in [5.41, 5.74) is 1.33. The number of halogens is 2. The number of hydrogen-bond acceptors (Lipinski definition) is 2. The van der Waals surface area contributed by atoms with Crippen molar-refractivity contribution in [1.82, 2.24) is 0 Å². The normalized spacial score (nSPS) is 9.67. The molecule has 0 aliphatic rings. The van der Waals surface area contributed by atoms with Crippen LogP contribution in [0, 0.1) is 17.7 Å². The Kier molecular flexibility index (Phi) is 4.94. The molecule has 2 rings (SSSR count). The molecule has 0 atom stereocenters. The molecular weight excluding hydrogens is 293 g/mol. The molecule has 0 aliphatic carbocycles. The Balaban J connectivity index is 2.20. The van der Waals surface area contributed by atoms with Gasteiger partial charge in [0.15, 0.2) is 0 Å². The smallest absolute Gasteiger partial charge is 0.255 e. The predicted octanol–water partition coefficient (Wildman–Crippen LogP) is 3.08. The number of carbonyl (C=O) groups is 1. The first kappa shape index (κ1) is 15.0. The minimum absolute atomic E-state index is 0.125. The lowest BCUT2D eigenvalue weighted by Crippen LogP contribution is -2.12. The van der Waals surface area contributed by atoms with Gasteiger partial charge in [-0.3, -0.25) is 4.79 Å². The van der Waals surface area contributed by atoms with Gasteiger partial charge in [0.1, 0.15) is 12.4 Å². The maximum atomic E-state index is 12.9. The van der Waals surface area contributed by atoms with Crippen LogP contribution in [0.1, 0.15) is 15.9 Å². The van der Waals surface area contributed by atoms with E-state index in [4.69, 9.17) is 16.7 Å². The molecule has 5 heteroatoms. The van der Waals surface area contributed by atoms with Crippen LogP contribution >= 0.6 is 11.6 Å². The molecule has 106 valence electrons. The van der Waals surface area contributed by atoms with Crippen molar-refractivity contribution in [3.8, 4) is 11.8 Å². The average Bonchev–Trinajstić information content (AvgIpc) is 2.48. The Bertz CT molecular complexity index is 735. The van der Waals surface area contributed by atoms with Gasteiger partial charge in [0.2, 0.25) is 0 Å². The highest BCUT2D eigenvalue weighted by molar-refractivity contribution is 6.33. The molecule has 0 unspecified atom stereocenters. The third kappa shape index (κ3) is 4.06. The maximum absolute atomic E-state index is 12.9. The second-order valence-corrected chi connectivity index (χ2v) is 4.53. The van der Waals surface area contributed by atoms with Crippen LogP contribution in [0.2, 0.25) is 5.02 Å². The van der Waals surface area contributed by atoms with Crippen molar-refractivity contribution in [2.75, 3.05) is 11.9 Å². The Hall–Kier alpha value is -2.35. The largest absolute Gasteiger partial charge is 0.384 e. The predicted molar refractivity (Wildman–Crippen MR) is 79.8 cm³/mol. The van der Waals surface area contributed by atoms with Crippen molar-refractivity contribution in [2.45, 2.75) is 0 Å². The summed E-state index contributed by atoms with van der Waals surface area (Å²) in [4.78, 5) is 12.1. The Labute approximate surface area is 126 Å². The standard InChI is InChI=1S/C16H11ClFNO2/c17-14-10-13(18)6-7-15(14)19-16(21)12-5-1-3-11(9-12)4-2-8-20/h1,3,5-7,9-10,20H,8H2,(H,19,21). The lowest BCUT2D eigenvalue weighted by Gasteiger charge is -2.07. The highest BCUT2D eigenvalue weighted by atomic mass is 35.5. The average molecular weight is 304 g/mol. The van der Waals surface area contributed by atoms with Crippen molar-refractivity contribution in [3.63, 3.8) is 0 Å². The fraction of sp³-hybridized carbons (Fsp3) is 0.0625. The summed E-state index contributed by atoms with van der Waals surface area (Å²) < 4.78 is 12.9. The number of aliphatic hydroxyl groups is 1. The van der Waals surface area contributed by atoms with Crippen LogP contribution in [0.5, 0.6) is 0 Å². The van der Waals surface area contributed by atoms with Gasteiger partial charge >= 0.3 is 0 Å². The van der Waals surface area contributed by atoms with Gasteiger partial charge in [-0.15, -0.1) is 0 Å². The number of nitrogens with one attached hydrogen (secondary N) is 1. The molecule has 2 aromatic carbocycles. The zero-order valence-electron chi connectivity index (χ0n) is 10.9. The Morgan fingerprint density at radius 3 is 2.81 bits per heavy atom. The van der Waals surface area contributed by atoms with E-state index in [9.17, 15) is 9.18 Å². The topological polar surface area (TPSA) is 49.3 Å². The summed E-state index contributed by atoms with van der Waals surface area (Å²) in [7, 11) is 0. The van der Waals surface area contributed by atoms with Gasteiger partial charge in [0, 0.05) is 11.1 Å². The SMILES string of the molecule is O=C(Nc1ccc(F)cc1Cl)c1cccc(C#CCO)c1. The third-order valence-corrected chi connectivity index (χ3v) is 2.93. The van der Waals surface area contributed by atoms with Crippen molar-refractivity contribution in [1.29, 1.82) is 0 Å². The third-order valence-electron chi connectivity index (χ3n) is 2.62. The van der Waals surface area contributed by atoms with Gasteiger partial charge in [-0.1, -0.05) is 29.5 Å². The number of anilines is 1. The van der Waals surface area contributed by atoms with E-state index < -0.39 is 5.82 Å². The fourth-order valence-corrected chi connectivity index (χ4v) is 1.88. The molecule has 0 radical (unpaired) electrons. The molecule has 1 amide bonds. The van der Waals surface area contributed by atoms with Gasteiger partial charge in [-0.05, 0) is 36.4 Å². The summed E-state index contributed by atoms with van der Waals surface area (Å²) in [6.45, 7) is -0.248. The first-order valence-electron chi connectivity index (χ1n) is 6.06.